The normalized spacial score (nSPS) is 24.1. The predicted molar refractivity (Wildman–Crippen MR) is 69.1 cm³/mol. The number of carbonyl (C=O) groups is 1. The predicted octanol–water partition coefficient (Wildman–Crippen LogP) is -0.966. The Hall–Kier alpha value is -0.690. The molecule has 2 heterocycles. The molecule has 0 atom stereocenters. The van der Waals surface area contributed by atoms with E-state index in [1.54, 1.807) is 0 Å². The molecule has 0 aliphatic carbocycles. The third-order valence-electron chi connectivity index (χ3n) is 3.52. The lowest BCUT2D eigenvalue weighted by Gasteiger charge is -2.32. The van der Waals surface area contributed by atoms with Crippen LogP contribution in [0.25, 0.3) is 0 Å². The van der Waals surface area contributed by atoms with Crippen LogP contribution in [0.5, 0.6) is 0 Å². The van der Waals surface area contributed by atoms with Crippen LogP contribution in [0.15, 0.2) is 0 Å². The maximum absolute atomic E-state index is 11.7. The third-order valence-corrected chi connectivity index (χ3v) is 3.52. The zero-order valence-corrected chi connectivity index (χ0v) is 11.2. The van der Waals surface area contributed by atoms with Crippen molar-refractivity contribution >= 4 is 5.91 Å². The number of nitrogens with zero attached hydrogens (tertiary/aromatic N) is 2. The fraction of sp³-hybridized carbons (Fsp3) is 0.917. The maximum Gasteiger partial charge on any atom is 0.260 e. The molecule has 0 aromatic rings. The number of hydrogen-bond acceptors (Lipinski definition) is 5. The molecule has 0 aromatic carbocycles. The van der Waals surface area contributed by atoms with E-state index in [0.717, 1.165) is 52.1 Å². The largest absolute Gasteiger partial charge is 0.368 e. The van der Waals surface area contributed by atoms with Gasteiger partial charge in [-0.1, -0.05) is 0 Å². The minimum absolute atomic E-state index is 0.0296. The summed E-state index contributed by atoms with van der Waals surface area (Å²) in [7, 11) is 2.10. The molecule has 104 valence electrons. The Morgan fingerprint density at radius 3 is 2.61 bits per heavy atom. The van der Waals surface area contributed by atoms with Crippen LogP contribution in [-0.4, -0.2) is 74.8 Å². The third kappa shape index (κ3) is 4.53. The quantitative estimate of drug-likeness (QED) is 0.678. The highest BCUT2D eigenvalue weighted by Crippen LogP contribution is 2.06. The van der Waals surface area contributed by atoms with E-state index in [1.165, 1.54) is 0 Å². The topological polar surface area (TPSA) is 56.8 Å². The number of piperazine rings is 1. The molecule has 6 heteroatoms. The van der Waals surface area contributed by atoms with Gasteiger partial charge in [-0.2, -0.15) is 0 Å². The molecule has 1 amide bonds. The van der Waals surface area contributed by atoms with E-state index in [1.807, 2.05) is 5.01 Å². The number of piperidine rings is 1. The van der Waals surface area contributed by atoms with Crippen molar-refractivity contribution in [2.45, 2.75) is 18.9 Å². The van der Waals surface area contributed by atoms with Gasteiger partial charge in [0.1, 0.15) is 6.61 Å². The zero-order valence-electron chi connectivity index (χ0n) is 11.2. The van der Waals surface area contributed by atoms with E-state index in [-0.39, 0.29) is 18.6 Å². The van der Waals surface area contributed by atoms with Crippen LogP contribution in [0.2, 0.25) is 0 Å². The van der Waals surface area contributed by atoms with Gasteiger partial charge in [0.15, 0.2) is 0 Å². The van der Waals surface area contributed by atoms with E-state index < -0.39 is 0 Å². The minimum atomic E-state index is -0.0296. The molecule has 2 aliphatic rings. The Labute approximate surface area is 109 Å². The number of nitrogens with one attached hydrogen (secondary N) is 2. The summed E-state index contributed by atoms with van der Waals surface area (Å²) >= 11 is 0. The van der Waals surface area contributed by atoms with E-state index in [9.17, 15) is 4.79 Å². The molecule has 2 aliphatic heterocycles. The molecule has 2 rings (SSSR count). The summed E-state index contributed by atoms with van der Waals surface area (Å²) in [6.45, 7) is 5.92. The van der Waals surface area contributed by atoms with Gasteiger partial charge >= 0.3 is 0 Å². The van der Waals surface area contributed by atoms with Gasteiger partial charge in [-0.3, -0.25) is 10.2 Å². The average molecular weight is 256 g/mol. The first-order chi connectivity index (χ1) is 8.74. The fourth-order valence-electron chi connectivity index (χ4n) is 2.28. The number of carbonyl (C=O) groups excluding carboxylic acids is 1. The molecule has 18 heavy (non-hydrogen) atoms. The first-order valence-corrected chi connectivity index (χ1v) is 6.79. The van der Waals surface area contributed by atoms with Crippen LogP contribution >= 0.6 is 0 Å². The lowest BCUT2D eigenvalue weighted by Crippen LogP contribution is -2.53. The van der Waals surface area contributed by atoms with Crippen LogP contribution in [0.3, 0.4) is 0 Å². The molecule has 0 radical (unpaired) electrons. The van der Waals surface area contributed by atoms with Crippen molar-refractivity contribution in [3.05, 3.63) is 0 Å². The number of ether oxygens (including phenoxy) is 1. The monoisotopic (exact) mass is 256 g/mol. The Balaban J connectivity index is 1.59. The number of hydrogen-bond donors (Lipinski definition) is 2. The van der Waals surface area contributed by atoms with Crippen molar-refractivity contribution in [3.63, 3.8) is 0 Å². The van der Waals surface area contributed by atoms with E-state index >= 15 is 0 Å². The molecular weight excluding hydrogens is 232 g/mol. The highest BCUT2D eigenvalue weighted by molar-refractivity contribution is 5.76. The van der Waals surface area contributed by atoms with Gasteiger partial charge in [0.2, 0.25) is 0 Å². The number of amides is 1. The first-order valence-electron chi connectivity index (χ1n) is 6.79. The summed E-state index contributed by atoms with van der Waals surface area (Å²) in [4.78, 5) is 14.0. The molecule has 2 saturated heterocycles. The second kappa shape index (κ2) is 7.04. The van der Waals surface area contributed by atoms with Gasteiger partial charge in [0.05, 0.1) is 6.10 Å². The molecular formula is C12H24N4O2. The van der Waals surface area contributed by atoms with Crippen LogP contribution in [0.1, 0.15) is 12.8 Å². The lowest BCUT2D eigenvalue weighted by molar-refractivity contribution is -0.134. The Morgan fingerprint density at radius 1 is 1.28 bits per heavy atom. The number of likely N-dealkylation sites (N-methyl/N-ethyl adjacent to an activating group) is 1. The number of hydrazine groups is 1. The summed E-state index contributed by atoms with van der Waals surface area (Å²) in [6, 6.07) is 0. The van der Waals surface area contributed by atoms with Crippen molar-refractivity contribution < 1.29 is 9.53 Å². The summed E-state index contributed by atoms with van der Waals surface area (Å²) < 4.78 is 5.62. The van der Waals surface area contributed by atoms with E-state index in [0.29, 0.717) is 0 Å². The molecule has 2 N–H and O–H groups in total. The van der Waals surface area contributed by atoms with Gasteiger partial charge in [-0.25, -0.2) is 5.01 Å². The Kier molecular flexibility index (Phi) is 5.37. The van der Waals surface area contributed by atoms with Crippen molar-refractivity contribution in [2.24, 2.45) is 0 Å². The maximum atomic E-state index is 11.7. The minimum Gasteiger partial charge on any atom is -0.368 e. The van der Waals surface area contributed by atoms with Gasteiger partial charge in [-0.15, -0.1) is 0 Å². The summed E-state index contributed by atoms with van der Waals surface area (Å²) in [6.07, 6.45) is 2.24. The van der Waals surface area contributed by atoms with Gasteiger partial charge in [-0.05, 0) is 33.0 Å². The Morgan fingerprint density at radius 2 is 1.94 bits per heavy atom. The van der Waals surface area contributed by atoms with Crippen molar-refractivity contribution in [3.8, 4) is 0 Å². The standard InChI is InChI=1S/C12H24N4O2/c1-15-6-8-16(9-7-15)14-12(17)10-18-11-2-4-13-5-3-11/h11,13H,2-10H2,1H3,(H,14,17). The fourth-order valence-corrected chi connectivity index (χ4v) is 2.28. The van der Waals surface area contributed by atoms with Crippen LogP contribution < -0.4 is 10.7 Å². The summed E-state index contributed by atoms with van der Waals surface area (Å²) in [5.41, 5.74) is 2.91. The second-order valence-electron chi connectivity index (χ2n) is 5.09. The molecule has 0 saturated carbocycles. The Bertz CT molecular complexity index is 261. The van der Waals surface area contributed by atoms with Crippen LogP contribution in [0, 0.1) is 0 Å². The lowest BCUT2D eigenvalue weighted by atomic mass is 10.1. The molecule has 6 nitrogen and oxygen atoms in total. The molecule has 0 unspecified atom stereocenters. The zero-order chi connectivity index (χ0) is 12.8. The summed E-state index contributed by atoms with van der Waals surface area (Å²) in [5, 5.41) is 5.26. The highest BCUT2D eigenvalue weighted by Gasteiger charge is 2.18. The average Bonchev–Trinajstić information content (AvgIpc) is 2.40. The van der Waals surface area contributed by atoms with Gasteiger partial charge in [0, 0.05) is 26.2 Å². The van der Waals surface area contributed by atoms with Gasteiger partial charge < -0.3 is 15.0 Å². The molecule has 0 bridgehead atoms. The molecule has 0 spiro atoms. The highest BCUT2D eigenvalue weighted by atomic mass is 16.5. The van der Waals surface area contributed by atoms with Crippen LogP contribution in [0.4, 0.5) is 0 Å². The van der Waals surface area contributed by atoms with Crippen molar-refractivity contribution in [2.75, 3.05) is 52.9 Å². The smallest absolute Gasteiger partial charge is 0.260 e. The van der Waals surface area contributed by atoms with Crippen molar-refractivity contribution in [1.82, 2.24) is 20.7 Å². The van der Waals surface area contributed by atoms with Crippen molar-refractivity contribution in [1.29, 1.82) is 0 Å². The first kappa shape index (κ1) is 13.7. The molecule has 0 aromatic heterocycles. The van der Waals surface area contributed by atoms with E-state index in [4.69, 9.17) is 4.74 Å². The SMILES string of the molecule is CN1CCN(NC(=O)COC2CCNCC2)CC1. The van der Waals surface area contributed by atoms with Crippen LogP contribution in [-0.2, 0) is 9.53 Å². The van der Waals surface area contributed by atoms with E-state index in [2.05, 4.69) is 22.7 Å². The molecule has 2 fully saturated rings. The second-order valence-corrected chi connectivity index (χ2v) is 5.09. The summed E-state index contributed by atoms with van der Waals surface area (Å²) in [5.74, 6) is -0.0296. The number of rotatable bonds is 4. The van der Waals surface area contributed by atoms with Gasteiger partial charge in [0.25, 0.3) is 5.91 Å².